The fourth-order valence-corrected chi connectivity index (χ4v) is 2.63. The number of ether oxygens (including phenoxy) is 2. The normalized spacial score (nSPS) is 15.7. The van der Waals surface area contributed by atoms with Crippen molar-refractivity contribution in [2.24, 2.45) is 5.92 Å². The van der Waals surface area contributed by atoms with Gasteiger partial charge < -0.3 is 9.47 Å². The number of esters is 2. The van der Waals surface area contributed by atoms with E-state index in [-0.39, 0.29) is 24.8 Å². The Morgan fingerprint density at radius 1 is 0.905 bits per heavy atom. The van der Waals surface area contributed by atoms with Crippen molar-refractivity contribution in [2.45, 2.75) is 77.6 Å². The summed E-state index contributed by atoms with van der Waals surface area (Å²) in [5, 5.41) is 0. The molecule has 0 spiro atoms. The Bertz CT molecular complexity index is 295. The first kappa shape index (κ1) is 18.0. The van der Waals surface area contributed by atoms with Gasteiger partial charge in [0.1, 0.15) is 0 Å². The highest BCUT2D eigenvalue weighted by atomic mass is 16.5. The van der Waals surface area contributed by atoms with E-state index in [1.54, 1.807) is 0 Å². The molecule has 1 aliphatic carbocycles. The van der Waals surface area contributed by atoms with E-state index >= 15 is 0 Å². The molecule has 1 aliphatic rings. The van der Waals surface area contributed by atoms with E-state index in [1.165, 1.54) is 32.1 Å². The van der Waals surface area contributed by atoms with Crippen LogP contribution >= 0.6 is 0 Å². The minimum Gasteiger partial charge on any atom is -0.466 e. The second-order valence-electron chi connectivity index (χ2n) is 5.97. The molecule has 122 valence electrons. The lowest BCUT2D eigenvalue weighted by atomic mass is 9.90. The lowest BCUT2D eigenvalue weighted by Crippen LogP contribution is -2.17. The van der Waals surface area contributed by atoms with Gasteiger partial charge in [-0.2, -0.15) is 0 Å². The van der Waals surface area contributed by atoms with Crippen molar-refractivity contribution >= 4 is 11.9 Å². The molecule has 0 amide bonds. The van der Waals surface area contributed by atoms with Crippen molar-refractivity contribution in [1.29, 1.82) is 0 Å². The van der Waals surface area contributed by atoms with Gasteiger partial charge in [0, 0.05) is 0 Å². The molecule has 0 aromatic rings. The maximum Gasteiger partial charge on any atom is 0.306 e. The van der Waals surface area contributed by atoms with E-state index in [4.69, 9.17) is 9.47 Å². The molecule has 0 atom stereocenters. The highest BCUT2D eigenvalue weighted by molar-refractivity contribution is 5.77. The fraction of sp³-hybridized carbons (Fsp3) is 0.882. The summed E-state index contributed by atoms with van der Waals surface area (Å²) in [4.78, 5) is 23.0. The minimum atomic E-state index is -0.291. The van der Waals surface area contributed by atoms with Gasteiger partial charge in [-0.3, -0.25) is 9.59 Å². The predicted octanol–water partition coefficient (Wildman–Crippen LogP) is 4.01. The second-order valence-corrected chi connectivity index (χ2v) is 5.97. The van der Waals surface area contributed by atoms with Crippen LogP contribution in [-0.4, -0.2) is 25.2 Å². The topological polar surface area (TPSA) is 52.6 Å². The largest absolute Gasteiger partial charge is 0.466 e. The Labute approximate surface area is 128 Å². The first-order chi connectivity index (χ1) is 10.2. The number of carbonyl (C=O) groups is 2. The maximum atomic E-state index is 11.6. The van der Waals surface area contributed by atoms with E-state index < -0.39 is 0 Å². The molecule has 1 fully saturated rings. The SMILES string of the molecule is CCCCCCOC(=O)CCC(=O)OCC1CCCCC1. The van der Waals surface area contributed by atoms with E-state index in [1.807, 2.05) is 0 Å². The van der Waals surface area contributed by atoms with Crippen molar-refractivity contribution in [3.8, 4) is 0 Å². The molecule has 1 saturated carbocycles. The van der Waals surface area contributed by atoms with Crippen LogP contribution in [0.1, 0.15) is 77.6 Å². The quantitative estimate of drug-likeness (QED) is 0.451. The predicted molar refractivity (Wildman–Crippen MR) is 81.9 cm³/mol. The molecule has 4 heteroatoms. The van der Waals surface area contributed by atoms with Crippen LogP contribution in [0.3, 0.4) is 0 Å². The van der Waals surface area contributed by atoms with Gasteiger partial charge in [-0.1, -0.05) is 45.4 Å². The summed E-state index contributed by atoms with van der Waals surface area (Å²) >= 11 is 0. The number of carbonyl (C=O) groups excluding carboxylic acids is 2. The van der Waals surface area contributed by atoms with Crippen LogP contribution in [0.2, 0.25) is 0 Å². The smallest absolute Gasteiger partial charge is 0.306 e. The first-order valence-electron chi connectivity index (χ1n) is 8.53. The number of rotatable bonds is 10. The minimum absolute atomic E-state index is 0.136. The molecule has 0 N–H and O–H groups in total. The maximum absolute atomic E-state index is 11.6. The lowest BCUT2D eigenvalue weighted by molar-refractivity contribution is -0.151. The summed E-state index contributed by atoms with van der Waals surface area (Å²) in [6.45, 7) is 3.13. The Kier molecular flexibility index (Phi) is 9.92. The van der Waals surface area contributed by atoms with Crippen LogP contribution in [-0.2, 0) is 19.1 Å². The molecule has 0 saturated heterocycles. The van der Waals surface area contributed by atoms with Crippen LogP contribution < -0.4 is 0 Å². The van der Waals surface area contributed by atoms with Crippen molar-refractivity contribution in [1.82, 2.24) is 0 Å². The second kappa shape index (κ2) is 11.6. The molecule has 0 aromatic carbocycles. The van der Waals surface area contributed by atoms with Gasteiger partial charge in [0.25, 0.3) is 0 Å². The van der Waals surface area contributed by atoms with Gasteiger partial charge >= 0.3 is 11.9 Å². The number of hydrogen-bond donors (Lipinski definition) is 0. The van der Waals surface area contributed by atoms with E-state index in [2.05, 4.69) is 6.92 Å². The monoisotopic (exact) mass is 298 g/mol. The van der Waals surface area contributed by atoms with Gasteiger partial charge in [0.15, 0.2) is 0 Å². The lowest BCUT2D eigenvalue weighted by Gasteiger charge is -2.20. The standard InChI is InChI=1S/C17H30O4/c1-2-3-4-8-13-20-16(18)11-12-17(19)21-14-15-9-6-5-7-10-15/h15H,2-14H2,1H3. The van der Waals surface area contributed by atoms with Gasteiger partial charge in [0.05, 0.1) is 26.1 Å². The van der Waals surface area contributed by atoms with Crippen molar-refractivity contribution in [3.63, 3.8) is 0 Å². The summed E-state index contributed by atoms with van der Waals surface area (Å²) in [6.07, 6.45) is 10.7. The zero-order valence-electron chi connectivity index (χ0n) is 13.4. The van der Waals surface area contributed by atoms with Crippen molar-refractivity contribution < 1.29 is 19.1 Å². The Morgan fingerprint density at radius 3 is 2.24 bits per heavy atom. The molecular weight excluding hydrogens is 268 g/mol. The van der Waals surface area contributed by atoms with Crippen LogP contribution in [0, 0.1) is 5.92 Å². The summed E-state index contributed by atoms with van der Waals surface area (Å²) < 4.78 is 10.3. The molecule has 0 aliphatic heterocycles. The van der Waals surface area contributed by atoms with Gasteiger partial charge in [-0.25, -0.2) is 0 Å². The third kappa shape index (κ3) is 9.48. The average molecular weight is 298 g/mol. The Hall–Kier alpha value is -1.06. The number of hydrogen-bond acceptors (Lipinski definition) is 4. The third-order valence-electron chi connectivity index (χ3n) is 4.00. The van der Waals surface area contributed by atoms with Crippen LogP contribution in [0.15, 0.2) is 0 Å². The Morgan fingerprint density at radius 2 is 1.57 bits per heavy atom. The molecular formula is C17H30O4. The summed E-state index contributed by atoms with van der Waals surface area (Å²) in [6, 6.07) is 0. The van der Waals surface area contributed by atoms with Crippen molar-refractivity contribution in [2.75, 3.05) is 13.2 Å². The molecule has 4 nitrogen and oxygen atoms in total. The zero-order chi connectivity index (χ0) is 15.3. The highest BCUT2D eigenvalue weighted by Gasteiger charge is 2.16. The van der Waals surface area contributed by atoms with Gasteiger partial charge in [0.2, 0.25) is 0 Å². The zero-order valence-corrected chi connectivity index (χ0v) is 13.4. The molecule has 0 aromatic heterocycles. The van der Waals surface area contributed by atoms with E-state index in [0.29, 0.717) is 19.1 Å². The van der Waals surface area contributed by atoms with Gasteiger partial charge in [-0.15, -0.1) is 0 Å². The summed E-state index contributed by atoms with van der Waals surface area (Å²) in [5.41, 5.74) is 0. The molecule has 0 heterocycles. The first-order valence-corrected chi connectivity index (χ1v) is 8.53. The summed E-state index contributed by atoms with van der Waals surface area (Å²) in [7, 11) is 0. The highest BCUT2D eigenvalue weighted by Crippen LogP contribution is 2.23. The molecule has 21 heavy (non-hydrogen) atoms. The van der Waals surface area contributed by atoms with E-state index in [0.717, 1.165) is 25.7 Å². The van der Waals surface area contributed by atoms with Crippen LogP contribution in [0.5, 0.6) is 0 Å². The summed E-state index contributed by atoms with van der Waals surface area (Å²) in [5.74, 6) is -0.0437. The fourth-order valence-electron chi connectivity index (χ4n) is 2.63. The Balaban J connectivity index is 1.97. The van der Waals surface area contributed by atoms with Crippen LogP contribution in [0.25, 0.3) is 0 Å². The number of unbranched alkanes of at least 4 members (excludes halogenated alkanes) is 3. The van der Waals surface area contributed by atoms with Gasteiger partial charge in [-0.05, 0) is 25.2 Å². The molecule has 0 bridgehead atoms. The molecule has 0 radical (unpaired) electrons. The van der Waals surface area contributed by atoms with Crippen molar-refractivity contribution in [3.05, 3.63) is 0 Å². The third-order valence-corrected chi connectivity index (χ3v) is 4.00. The van der Waals surface area contributed by atoms with Crippen LogP contribution in [0.4, 0.5) is 0 Å². The molecule has 0 unspecified atom stereocenters. The average Bonchev–Trinajstić information content (AvgIpc) is 2.51. The van der Waals surface area contributed by atoms with E-state index in [9.17, 15) is 9.59 Å². The molecule has 1 rings (SSSR count).